The van der Waals surface area contributed by atoms with Crippen molar-refractivity contribution in [3.05, 3.63) is 0 Å². The number of thiocarbonyl (C=S) groups is 1. The van der Waals surface area contributed by atoms with E-state index in [1.807, 2.05) is 16.7 Å². The van der Waals surface area contributed by atoms with Crippen molar-refractivity contribution in [1.82, 2.24) is 4.90 Å². The van der Waals surface area contributed by atoms with Gasteiger partial charge in [0.2, 0.25) is 5.91 Å². The van der Waals surface area contributed by atoms with E-state index in [2.05, 4.69) is 0 Å². The van der Waals surface area contributed by atoms with Crippen molar-refractivity contribution in [3.8, 4) is 0 Å². The van der Waals surface area contributed by atoms with Crippen LogP contribution in [-0.2, 0) is 4.79 Å². The molecule has 2 aliphatic rings. The third-order valence-electron chi connectivity index (χ3n) is 4.14. The zero-order chi connectivity index (χ0) is 13.0. The number of thioether (sulfide) groups is 1. The average Bonchev–Trinajstić information content (AvgIpc) is 2.65. The summed E-state index contributed by atoms with van der Waals surface area (Å²) in [7, 11) is 0. The molecule has 0 unspecified atom stereocenters. The Morgan fingerprint density at radius 3 is 2.17 bits per heavy atom. The standard InChI is InChI=1S/C13H22N2OS2/c14-11(17)13(5-3-1-2-4-6-13)12(16)15-7-9-18-10-8-15/h1-10H2,(H2,14,17). The van der Waals surface area contributed by atoms with Crippen molar-refractivity contribution >= 4 is 34.9 Å². The number of carbonyl (C=O) groups excluding carboxylic acids is 1. The summed E-state index contributed by atoms with van der Waals surface area (Å²) < 4.78 is 0. The summed E-state index contributed by atoms with van der Waals surface area (Å²) >= 11 is 7.17. The summed E-state index contributed by atoms with van der Waals surface area (Å²) in [5, 5.41) is 0. The molecule has 1 amide bonds. The van der Waals surface area contributed by atoms with Gasteiger partial charge in [-0.2, -0.15) is 11.8 Å². The van der Waals surface area contributed by atoms with Gasteiger partial charge in [0, 0.05) is 24.6 Å². The normalized spacial score (nSPS) is 24.3. The third-order valence-corrected chi connectivity index (χ3v) is 5.47. The largest absolute Gasteiger partial charge is 0.392 e. The Labute approximate surface area is 119 Å². The van der Waals surface area contributed by atoms with Crippen molar-refractivity contribution in [1.29, 1.82) is 0 Å². The van der Waals surface area contributed by atoms with Gasteiger partial charge >= 0.3 is 0 Å². The fourth-order valence-electron chi connectivity index (χ4n) is 2.97. The van der Waals surface area contributed by atoms with E-state index in [9.17, 15) is 4.79 Å². The monoisotopic (exact) mass is 286 g/mol. The van der Waals surface area contributed by atoms with Crippen LogP contribution >= 0.6 is 24.0 Å². The van der Waals surface area contributed by atoms with E-state index in [-0.39, 0.29) is 5.91 Å². The minimum atomic E-state index is -0.534. The van der Waals surface area contributed by atoms with Gasteiger partial charge < -0.3 is 10.6 Å². The number of nitrogens with zero attached hydrogens (tertiary/aromatic N) is 1. The molecule has 0 aromatic heterocycles. The summed E-state index contributed by atoms with van der Waals surface area (Å²) in [5.74, 6) is 2.29. The second-order valence-corrected chi connectivity index (χ2v) is 6.93. The van der Waals surface area contributed by atoms with Crippen molar-refractivity contribution in [3.63, 3.8) is 0 Å². The molecule has 1 saturated heterocycles. The van der Waals surface area contributed by atoms with Crippen LogP contribution in [0.5, 0.6) is 0 Å². The van der Waals surface area contributed by atoms with E-state index < -0.39 is 5.41 Å². The molecule has 1 aliphatic heterocycles. The van der Waals surface area contributed by atoms with Crippen LogP contribution in [0.1, 0.15) is 38.5 Å². The van der Waals surface area contributed by atoms with Gasteiger partial charge in [0.25, 0.3) is 0 Å². The van der Waals surface area contributed by atoms with Crippen LogP contribution < -0.4 is 5.73 Å². The molecule has 3 nitrogen and oxygen atoms in total. The molecule has 5 heteroatoms. The topological polar surface area (TPSA) is 46.3 Å². The number of nitrogens with two attached hydrogens (primary N) is 1. The molecule has 1 heterocycles. The predicted octanol–water partition coefficient (Wildman–Crippen LogP) is 2.19. The fraction of sp³-hybridized carbons (Fsp3) is 0.846. The predicted molar refractivity (Wildman–Crippen MR) is 80.8 cm³/mol. The summed E-state index contributed by atoms with van der Waals surface area (Å²) in [6, 6.07) is 0. The molecule has 0 aromatic carbocycles. The average molecular weight is 286 g/mol. The van der Waals surface area contributed by atoms with Gasteiger partial charge in [-0.25, -0.2) is 0 Å². The van der Waals surface area contributed by atoms with Gasteiger partial charge in [-0.1, -0.05) is 37.9 Å². The minimum absolute atomic E-state index is 0.206. The first-order valence-electron chi connectivity index (χ1n) is 6.84. The molecule has 0 aromatic rings. The molecule has 0 atom stereocenters. The maximum Gasteiger partial charge on any atom is 0.235 e. The lowest BCUT2D eigenvalue weighted by molar-refractivity contribution is -0.138. The zero-order valence-corrected chi connectivity index (χ0v) is 12.5. The SMILES string of the molecule is NC(=S)C1(C(=O)N2CCSCC2)CCCCCC1. The molecule has 0 bridgehead atoms. The van der Waals surface area contributed by atoms with Crippen LogP contribution in [0.25, 0.3) is 0 Å². The van der Waals surface area contributed by atoms with Crippen LogP contribution in [0.2, 0.25) is 0 Å². The first-order valence-corrected chi connectivity index (χ1v) is 8.40. The first kappa shape index (κ1) is 14.1. The van der Waals surface area contributed by atoms with Crippen molar-refractivity contribution < 1.29 is 4.79 Å². The number of carbonyl (C=O) groups is 1. The maximum atomic E-state index is 12.8. The van der Waals surface area contributed by atoms with E-state index in [1.54, 1.807) is 0 Å². The number of hydrogen-bond donors (Lipinski definition) is 1. The highest BCUT2D eigenvalue weighted by Gasteiger charge is 2.44. The second-order valence-electron chi connectivity index (χ2n) is 5.27. The molecular formula is C13H22N2OS2. The van der Waals surface area contributed by atoms with E-state index in [0.717, 1.165) is 50.3 Å². The lowest BCUT2D eigenvalue weighted by Gasteiger charge is -2.37. The van der Waals surface area contributed by atoms with Gasteiger partial charge in [-0.3, -0.25) is 4.79 Å². The van der Waals surface area contributed by atoms with E-state index in [1.165, 1.54) is 12.8 Å². The summed E-state index contributed by atoms with van der Waals surface area (Å²) in [5.41, 5.74) is 5.42. The number of amides is 1. The number of rotatable bonds is 2. The molecule has 1 aliphatic carbocycles. The molecule has 0 spiro atoms. The zero-order valence-electron chi connectivity index (χ0n) is 10.8. The van der Waals surface area contributed by atoms with Crippen molar-refractivity contribution in [2.75, 3.05) is 24.6 Å². The van der Waals surface area contributed by atoms with Crippen LogP contribution in [0.15, 0.2) is 0 Å². The molecule has 18 heavy (non-hydrogen) atoms. The highest BCUT2D eigenvalue weighted by Crippen LogP contribution is 2.37. The summed E-state index contributed by atoms with van der Waals surface area (Å²) in [4.78, 5) is 15.2. The third kappa shape index (κ3) is 2.82. The van der Waals surface area contributed by atoms with E-state index >= 15 is 0 Å². The van der Waals surface area contributed by atoms with Gasteiger partial charge in [-0.05, 0) is 12.8 Å². The summed E-state index contributed by atoms with van der Waals surface area (Å²) in [6.07, 6.45) is 6.26. The fourth-order valence-corrected chi connectivity index (χ4v) is 4.16. The maximum absolute atomic E-state index is 12.8. The Morgan fingerprint density at radius 1 is 1.11 bits per heavy atom. The van der Waals surface area contributed by atoms with Gasteiger partial charge in [0.05, 0.1) is 10.4 Å². The quantitative estimate of drug-likeness (QED) is 0.624. The second kappa shape index (κ2) is 6.24. The van der Waals surface area contributed by atoms with Gasteiger partial charge in [-0.15, -0.1) is 0 Å². The highest BCUT2D eigenvalue weighted by atomic mass is 32.2. The van der Waals surface area contributed by atoms with E-state index in [0.29, 0.717) is 4.99 Å². The van der Waals surface area contributed by atoms with Crippen molar-refractivity contribution in [2.24, 2.45) is 11.1 Å². The Balaban J connectivity index is 2.16. The Hall–Kier alpha value is -0.290. The highest BCUT2D eigenvalue weighted by molar-refractivity contribution is 7.99. The van der Waals surface area contributed by atoms with Crippen LogP contribution in [0.4, 0.5) is 0 Å². The molecule has 2 rings (SSSR count). The molecule has 2 N–H and O–H groups in total. The Kier molecular flexibility index (Phi) is 4.90. The molecule has 1 saturated carbocycles. The minimum Gasteiger partial charge on any atom is -0.392 e. The lowest BCUT2D eigenvalue weighted by Crippen LogP contribution is -2.52. The number of hydrogen-bond acceptors (Lipinski definition) is 3. The van der Waals surface area contributed by atoms with Crippen LogP contribution in [0, 0.1) is 5.41 Å². The van der Waals surface area contributed by atoms with Crippen LogP contribution in [0.3, 0.4) is 0 Å². The van der Waals surface area contributed by atoms with Gasteiger partial charge in [0.15, 0.2) is 0 Å². The Bertz CT molecular complexity index is 319. The lowest BCUT2D eigenvalue weighted by atomic mass is 9.78. The smallest absolute Gasteiger partial charge is 0.235 e. The van der Waals surface area contributed by atoms with Crippen LogP contribution in [-0.4, -0.2) is 40.4 Å². The van der Waals surface area contributed by atoms with Crippen molar-refractivity contribution in [2.45, 2.75) is 38.5 Å². The van der Waals surface area contributed by atoms with E-state index in [4.69, 9.17) is 18.0 Å². The molecule has 102 valence electrons. The Morgan fingerprint density at radius 2 is 1.67 bits per heavy atom. The van der Waals surface area contributed by atoms with Gasteiger partial charge in [0.1, 0.15) is 0 Å². The molecule has 0 radical (unpaired) electrons. The molecule has 2 fully saturated rings. The first-order chi connectivity index (χ1) is 8.67. The molecular weight excluding hydrogens is 264 g/mol. The summed E-state index contributed by atoms with van der Waals surface area (Å²) in [6.45, 7) is 1.71.